The molecule has 0 radical (unpaired) electrons. The van der Waals surface area contributed by atoms with Crippen molar-refractivity contribution in [3.8, 4) is 5.75 Å². The van der Waals surface area contributed by atoms with Crippen molar-refractivity contribution in [2.45, 2.75) is 26.7 Å². The lowest BCUT2D eigenvalue weighted by Gasteiger charge is -2.17. The van der Waals surface area contributed by atoms with Crippen LogP contribution in [0.4, 0.5) is 0 Å². The molecule has 0 bridgehead atoms. The summed E-state index contributed by atoms with van der Waals surface area (Å²) in [5, 5.41) is 4.54. The first-order valence-corrected chi connectivity index (χ1v) is 8.15. The van der Waals surface area contributed by atoms with Crippen molar-refractivity contribution >= 4 is 11.3 Å². The summed E-state index contributed by atoms with van der Waals surface area (Å²) in [6.07, 6.45) is 2.01. The highest BCUT2D eigenvalue weighted by molar-refractivity contribution is 7.11. The molecule has 1 unspecified atom stereocenters. The van der Waals surface area contributed by atoms with E-state index in [1.54, 1.807) is 7.11 Å². The van der Waals surface area contributed by atoms with E-state index in [9.17, 15) is 0 Å². The van der Waals surface area contributed by atoms with Crippen LogP contribution in [0.2, 0.25) is 0 Å². The third-order valence-corrected chi connectivity index (χ3v) is 4.83. The molecule has 1 heterocycles. The molecule has 114 valence electrons. The van der Waals surface area contributed by atoms with Crippen molar-refractivity contribution in [2.75, 3.05) is 20.7 Å². The minimum Gasteiger partial charge on any atom is -0.496 e. The maximum Gasteiger partial charge on any atom is 0.122 e. The fraction of sp³-hybridized carbons (Fsp3) is 0.471. The Hall–Kier alpha value is -1.39. The summed E-state index contributed by atoms with van der Waals surface area (Å²) < 4.78 is 5.46. The molecule has 1 N–H and O–H groups in total. The minimum atomic E-state index is 0.524. The highest BCUT2D eigenvalue weighted by Gasteiger charge is 2.15. The lowest BCUT2D eigenvalue weighted by Crippen LogP contribution is -2.23. The molecule has 2 rings (SSSR count). The van der Waals surface area contributed by atoms with Crippen molar-refractivity contribution in [1.29, 1.82) is 0 Å². The van der Waals surface area contributed by atoms with E-state index >= 15 is 0 Å². The molecule has 0 aliphatic heterocycles. The van der Waals surface area contributed by atoms with Crippen molar-refractivity contribution in [2.24, 2.45) is 5.92 Å². The summed E-state index contributed by atoms with van der Waals surface area (Å²) in [4.78, 5) is 6.00. The van der Waals surface area contributed by atoms with Gasteiger partial charge in [0.15, 0.2) is 0 Å². The predicted molar refractivity (Wildman–Crippen MR) is 89.4 cm³/mol. The average molecular weight is 304 g/mol. The van der Waals surface area contributed by atoms with Crippen LogP contribution in [0.3, 0.4) is 0 Å². The van der Waals surface area contributed by atoms with Gasteiger partial charge in [-0.05, 0) is 51.4 Å². The molecule has 1 atom stereocenters. The van der Waals surface area contributed by atoms with Gasteiger partial charge in [0.25, 0.3) is 0 Å². The average Bonchev–Trinajstić information content (AvgIpc) is 2.78. The number of nitrogens with one attached hydrogen (secondary N) is 1. The van der Waals surface area contributed by atoms with Gasteiger partial charge in [-0.15, -0.1) is 11.3 Å². The molecule has 0 aliphatic carbocycles. The minimum absolute atomic E-state index is 0.524. The normalized spacial score (nSPS) is 12.4. The smallest absolute Gasteiger partial charge is 0.122 e. The van der Waals surface area contributed by atoms with E-state index < -0.39 is 0 Å². The van der Waals surface area contributed by atoms with Gasteiger partial charge in [0.1, 0.15) is 5.75 Å². The molecule has 0 saturated carbocycles. The third kappa shape index (κ3) is 4.29. The zero-order valence-corrected chi connectivity index (χ0v) is 14.1. The van der Waals surface area contributed by atoms with Gasteiger partial charge < -0.3 is 10.1 Å². The van der Waals surface area contributed by atoms with E-state index in [4.69, 9.17) is 4.74 Å². The van der Waals surface area contributed by atoms with Gasteiger partial charge in [-0.2, -0.15) is 0 Å². The molecule has 0 aliphatic rings. The number of rotatable bonds is 7. The number of nitrogens with zero attached hydrogens (tertiary/aromatic N) is 1. The number of aryl methyl sites for hydroxylation is 2. The Bertz CT molecular complexity index is 560. The summed E-state index contributed by atoms with van der Waals surface area (Å²) >= 11 is 1.82. The number of benzene rings is 1. The van der Waals surface area contributed by atoms with Gasteiger partial charge in [0.05, 0.1) is 17.8 Å². The molecular weight excluding hydrogens is 280 g/mol. The molecule has 21 heavy (non-hydrogen) atoms. The monoisotopic (exact) mass is 304 g/mol. The molecule has 2 aromatic rings. The van der Waals surface area contributed by atoms with Crippen molar-refractivity contribution < 1.29 is 4.74 Å². The van der Waals surface area contributed by atoms with E-state index in [-0.39, 0.29) is 0 Å². The van der Waals surface area contributed by atoms with Crippen LogP contribution in [0.25, 0.3) is 0 Å². The second-order valence-electron chi connectivity index (χ2n) is 5.39. The number of thiazole rings is 1. The van der Waals surface area contributed by atoms with E-state index in [1.807, 2.05) is 30.5 Å². The highest BCUT2D eigenvalue weighted by Crippen LogP contribution is 2.25. The van der Waals surface area contributed by atoms with Gasteiger partial charge in [-0.1, -0.05) is 18.2 Å². The molecule has 0 spiro atoms. The SMILES string of the molecule is CNCC(Cc1nc(C)c(C)s1)Cc1ccccc1OC. The molecule has 1 aromatic carbocycles. The van der Waals surface area contributed by atoms with Crippen molar-refractivity contribution in [3.63, 3.8) is 0 Å². The fourth-order valence-corrected chi connectivity index (χ4v) is 3.61. The maximum atomic E-state index is 5.46. The molecule has 4 heteroatoms. The zero-order chi connectivity index (χ0) is 15.2. The van der Waals surface area contributed by atoms with Crippen LogP contribution in [0.15, 0.2) is 24.3 Å². The van der Waals surface area contributed by atoms with Gasteiger partial charge in [0, 0.05) is 11.3 Å². The topological polar surface area (TPSA) is 34.2 Å². The van der Waals surface area contributed by atoms with Crippen LogP contribution < -0.4 is 10.1 Å². The highest BCUT2D eigenvalue weighted by atomic mass is 32.1. The Kier molecular flexibility index (Phi) is 5.76. The van der Waals surface area contributed by atoms with Crippen LogP contribution in [-0.4, -0.2) is 25.7 Å². The first-order valence-electron chi connectivity index (χ1n) is 7.33. The Labute approximate surface area is 131 Å². The van der Waals surface area contributed by atoms with Crippen LogP contribution in [0.1, 0.15) is 21.1 Å². The maximum absolute atomic E-state index is 5.46. The van der Waals surface area contributed by atoms with Gasteiger partial charge in [-0.25, -0.2) is 4.98 Å². The number of hydrogen-bond donors (Lipinski definition) is 1. The number of ether oxygens (including phenoxy) is 1. The number of hydrogen-bond acceptors (Lipinski definition) is 4. The lowest BCUT2D eigenvalue weighted by atomic mass is 9.95. The van der Waals surface area contributed by atoms with Crippen LogP contribution >= 0.6 is 11.3 Å². The Morgan fingerprint density at radius 3 is 2.62 bits per heavy atom. The Morgan fingerprint density at radius 2 is 2.00 bits per heavy atom. The molecule has 0 fully saturated rings. The first-order chi connectivity index (χ1) is 10.1. The van der Waals surface area contributed by atoms with E-state index in [1.165, 1.54) is 15.4 Å². The molecule has 3 nitrogen and oxygen atoms in total. The summed E-state index contributed by atoms with van der Waals surface area (Å²) in [6, 6.07) is 8.28. The van der Waals surface area contributed by atoms with Gasteiger partial charge in [0.2, 0.25) is 0 Å². The van der Waals surface area contributed by atoms with Crippen LogP contribution in [-0.2, 0) is 12.8 Å². The first kappa shape index (κ1) is 16.0. The second kappa shape index (κ2) is 7.57. The van der Waals surface area contributed by atoms with E-state index in [2.05, 4.69) is 36.3 Å². The van der Waals surface area contributed by atoms with E-state index in [0.29, 0.717) is 5.92 Å². The largest absolute Gasteiger partial charge is 0.496 e. The van der Waals surface area contributed by atoms with Gasteiger partial charge >= 0.3 is 0 Å². The Morgan fingerprint density at radius 1 is 1.24 bits per heavy atom. The lowest BCUT2D eigenvalue weighted by molar-refractivity contribution is 0.401. The van der Waals surface area contributed by atoms with E-state index in [0.717, 1.165) is 30.8 Å². The zero-order valence-electron chi connectivity index (χ0n) is 13.3. The standard InChI is InChI=1S/C17H24N2OS/c1-12-13(2)21-17(19-12)10-14(11-18-3)9-15-7-5-6-8-16(15)20-4/h5-8,14,18H,9-11H2,1-4H3. The summed E-state index contributed by atoms with van der Waals surface area (Å²) in [5.74, 6) is 1.50. The quantitative estimate of drug-likeness (QED) is 0.851. The number of para-hydroxylation sites is 1. The number of methoxy groups -OCH3 is 1. The summed E-state index contributed by atoms with van der Waals surface area (Å²) in [7, 11) is 3.74. The predicted octanol–water partition coefficient (Wildman–Crippen LogP) is 3.39. The molecule has 0 amide bonds. The van der Waals surface area contributed by atoms with Crippen LogP contribution in [0.5, 0.6) is 5.75 Å². The summed E-state index contributed by atoms with van der Waals surface area (Å²) in [6.45, 7) is 5.21. The van der Waals surface area contributed by atoms with Gasteiger partial charge in [-0.3, -0.25) is 0 Å². The summed E-state index contributed by atoms with van der Waals surface area (Å²) in [5.41, 5.74) is 2.43. The molecule has 0 saturated heterocycles. The third-order valence-electron chi connectivity index (χ3n) is 3.73. The molecular formula is C17H24N2OS. The molecule has 1 aromatic heterocycles. The fourth-order valence-electron chi connectivity index (χ4n) is 2.56. The van der Waals surface area contributed by atoms with Crippen molar-refractivity contribution in [3.05, 3.63) is 45.4 Å². The number of aromatic nitrogens is 1. The second-order valence-corrected chi connectivity index (χ2v) is 6.68. The van der Waals surface area contributed by atoms with Crippen LogP contribution in [0, 0.1) is 19.8 Å². The Balaban J connectivity index is 2.11. The van der Waals surface area contributed by atoms with Crippen molar-refractivity contribution in [1.82, 2.24) is 10.3 Å².